The Labute approximate surface area is 149 Å². The molecule has 0 bridgehead atoms. The van der Waals surface area contributed by atoms with Crippen molar-refractivity contribution in [1.29, 1.82) is 0 Å². The molecule has 1 amide bonds. The zero-order valence-electron chi connectivity index (χ0n) is 12.3. The summed E-state index contributed by atoms with van der Waals surface area (Å²) in [7, 11) is 0. The van der Waals surface area contributed by atoms with Gasteiger partial charge in [0.2, 0.25) is 0 Å². The molecule has 0 saturated carbocycles. The van der Waals surface area contributed by atoms with Crippen molar-refractivity contribution >= 4 is 51.5 Å². The molecule has 1 N–H and O–H groups in total. The average Bonchev–Trinajstić information content (AvgIpc) is 2.57. The number of nitro groups is 1. The van der Waals surface area contributed by atoms with Crippen molar-refractivity contribution in [3.05, 3.63) is 78.6 Å². The number of nitrogens with one attached hydrogen (secondary N) is 1. The number of fused-ring (bicyclic) bond motifs is 1. The highest BCUT2D eigenvalue weighted by molar-refractivity contribution is 6.42. The van der Waals surface area contributed by atoms with Gasteiger partial charge in [-0.15, -0.1) is 0 Å². The molecule has 2 aromatic carbocycles. The van der Waals surface area contributed by atoms with Crippen LogP contribution in [0, 0.1) is 10.1 Å². The van der Waals surface area contributed by atoms with Crippen LogP contribution in [0.25, 0.3) is 11.0 Å². The van der Waals surface area contributed by atoms with Crippen molar-refractivity contribution in [3.63, 3.8) is 0 Å². The Kier molecular flexibility index (Phi) is 4.43. The highest BCUT2D eigenvalue weighted by atomic mass is 35.5. The van der Waals surface area contributed by atoms with Crippen LogP contribution in [0.2, 0.25) is 10.0 Å². The molecule has 3 aromatic rings. The summed E-state index contributed by atoms with van der Waals surface area (Å²) in [5.41, 5.74) is -0.738. The molecule has 0 radical (unpaired) electrons. The van der Waals surface area contributed by atoms with E-state index in [-0.39, 0.29) is 32.6 Å². The van der Waals surface area contributed by atoms with E-state index < -0.39 is 16.5 Å². The lowest BCUT2D eigenvalue weighted by Crippen LogP contribution is -2.17. The van der Waals surface area contributed by atoms with Crippen LogP contribution >= 0.6 is 23.2 Å². The summed E-state index contributed by atoms with van der Waals surface area (Å²) in [4.78, 5) is 34.5. The molecule has 0 atom stereocenters. The SMILES string of the molecule is O=C(Nc1cc2cc([N+](=O)[O-])ccc2oc1=O)c1ccc(Cl)c(Cl)c1. The third-order valence-corrected chi connectivity index (χ3v) is 4.10. The second-order valence-electron chi connectivity index (χ2n) is 5.01. The second-order valence-corrected chi connectivity index (χ2v) is 5.82. The van der Waals surface area contributed by atoms with Gasteiger partial charge in [-0.25, -0.2) is 4.79 Å². The van der Waals surface area contributed by atoms with Gasteiger partial charge in [0.05, 0.1) is 15.0 Å². The fourth-order valence-corrected chi connectivity index (χ4v) is 2.44. The lowest BCUT2D eigenvalue weighted by molar-refractivity contribution is -0.384. The molecular weight excluding hydrogens is 371 g/mol. The molecule has 0 aliphatic rings. The summed E-state index contributed by atoms with van der Waals surface area (Å²) in [5, 5.41) is 14.0. The molecule has 0 saturated heterocycles. The molecule has 0 aliphatic heterocycles. The number of carbonyl (C=O) groups excluding carboxylic acids is 1. The summed E-state index contributed by atoms with van der Waals surface area (Å²) >= 11 is 11.7. The lowest BCUT2D eigenvalue weighted by atomic mass is 10.2. The van der Waals surface area contributed by atoms with Crippen LogP contribution in [-0.2, 0) is 0 Å². The number of hydrogen-bond donors (Lipinski definition) is 1. The molecular formula is C16H8Cl2N2O5. The first-order chi connectivity index (χ1) is 11.8. The largest absolute Gasteiger partial charge is 0.421 e. The molecule has 126 valence electrons. The number of benzene rings is 2. The van der Waals surface area contributed by atoms with E-state index in [1.807, 2.05) is 0 Å². The number of anilines is 1. The van der Waals surface area contributed by atoms with Crippen LogP contribution < -0.4 is 10.9 Å². The third-order valence-electron chi connectivity index (χ3n) is 3.36. The Morgan fingerprint density at radius 2 is 1.84 bits per heavy atom. The minimum atomic E-state index is -0.783. The summed E-state index contributed by atoms with van der Waals surface area (Å²) in [6.07, 6.45) is 0. The van der Waals surface area contributed by atoms with Crippen LogP contribution in [0.15, 0.2) is 51.7 Å². The number of halogens is 2. The zero-order chi connectivity index (χ0) is 18.1. The van der Waals surface area contributed by atoms with Crippen LogP contribution in [-0.4, -0.2) is 10.8 Å². The molecule has 0 aliphatic carbocycles. The Hall–Kier alpha value is -2.90. The first-order valence-electron chi connectivity index (χ1n) is 6.84. The van der Waals surface area contributed by atoms with Gasteiger partial charge in [0.25, 0.3) is 11.6 Å². The maximum absolute atomic E-state index is 12.2. The summed E-state index contributed by atoms with van der Waals surface area (Å²) < 4.78 is 5.07. The molecule has 9 heteroatoms. The number of carbonyl (C=O) groups is 1. The Bertz CT molecular complexity index is 1080. The van der Waals surface area contributed by atoms with Gasteiger partial charge in [0.1, 0.15) is 11.3 Å². The van der Waals surface area contributed by atoms with E-state index >= 15 is 0 Å². The highest BCUT2D eigenvalue weighted by Crippen LogP contribution is 2.24. The minimum Gasteiger partial charge on any atom is -0.421 e. The molecule has 1 heterocycles. The number of amides is 1. The van der Waals surface area contributed by atoms with Crippen LogP contribution in [0.5, 0.6) is 0 Å². The summed E-state index contributed by atoms with van der Waals surface area (Å²) in [5.74, 6) is -0.601. The monoisotopic (exact) mass is 378 g/mol. The summed E-state index contributed by atoms with van der Waals surface area (Å²) in [6.45, 7) is 0. The van der Waals surface area contributed by atoms with Gasteiger partial charge in [-0.1, -0.05) is 23.2 Å². The molecule has 25 heavy (non-hydrogen) atoms. The number of hydrogen-bond acceptors (Lipinski definition) is 5. The van der Waals surface area contributed by atoms with E-state index in [0.717, 1.165) is 0 Å². The molecule has 3 rings (SSSR count). The Morgan fingerprint density at radius 3 is 2.52 bits per heavy atom. The van der Waals surface area contributed by atoms with E-state index in [1.54, 1.807) is 0 Å². The number of nitro benzene ring substituents is 1. The molecule has 0 fully saturated rings. The van der Waals surface area contributed by atoms with Crippen LogP contribution in [0.3, 0.4) is 0 Å². The molecule has 0 unspecified atom stereocenters. The van der Waals surface area contributed by atoms with Gasteiger partial charge in [-0.2, -0.15) is 0 Å². The van der Waals surface area contributed by atoms with Crippen molar-refractivity contribution in [1.82, 2.24) is 0 Å². The maximum atomic E-state index is 12.2. The van der Waals surface area contributed by atoms with E-state index in [0.29, 0.717) is 5.39 Å². The van der Waals surface area contributed by atoms with Crippen molar-refractivity contribution < 1.29 is 14.1 Å². The predicted octanol–water partition coefficient (Wildman–Crippen LogP) is 4.26. The smallest absolute Gasteiger partial charge is 0.360 e. The quantitative estimate of drug-likeness (QED) is 0.416. The molecule has 7 nitrogen and oxygen atoms in total. The van der Waals surface area contributed by atoms with E-state index in [9.17, 15) is 19.7 Å². The third kappa shape index (κ3) is 3.47. The Morgan fingerprint density at radius 1 is 1.08 bits per heavy atom. The van der Waals surface area contributed by atoms with E-state index in [1.165, 1.54) is 42.5 Å². The maximum Gasteiger partial charge on any atom is 0.360 e. The van der Waals surface area contributed by atoms with Crippen molar-refractivity contribution in [2.75, 3.05) is 5.32 Å². The minimum absolute atomic E-state index is 0.149. The fraction of sp³-hybridized carbons (Fsp3) is 0. The zero-order valence-corrected chi connectivity index (χ0v) is 13.8. The van der Waals surface area contributed by atoms with Crippen molar-refractivity contribution in [2.24, 2.45) is 0 Å². The normalized spacial score (nSPS) is 10.6. The topological polar surface area (TPSA) is 102 Å². The van der Waals surface area contributed by atoms with Gasteiger partial charge in [-0.3, -0.25) is 14.9 Å². The molecule has 0 spiro atoms. The van der Waals surface area contributed by atoms with Gasteiger partial charge >= 0.3 is 5.63 Å². The van der Waals surface area contributed by atoms with E-state index in [2.05, 4.69) is 5.32 Å². The van der Waals surface area contributed by atoms with Crippen LogP contribution in [0.1, 0.15) is 10.4 Å². The van der Waals surface area contributed by atoms with Gasteiger partial charge in [-0.05, 0) is 30.3 Å². The first kappa shape index (κ1) is 16.9. The van der Waals surface area contributed by atoms with Crippen molar-refractivity contribution in [3.8, 4) is 0 Å². The van der Waals surface area contributed by atoms with E-state index in [4.69, 9.17) is 27.6 Å². The average molecular weight is 379 g/mol. The first-order valence-corrected chi connectivity index (χ1v) is 7.59. The second kappa shape index (κ2) is 6.54. The highest BCUT2D eigenvalue weighted by Gasteiger charge is 2.14. The predicted molar refractivity (Wildman–Crippen MR) is 93.6 cm³/mol. The molecule has 1 aromatic heterocycles. The fourth-order valence-electron chi connectivity index (χ4n) is 2.14. The van der Waals surface area contributed by atoms with Crippen molar-refractivity contribution in [2.45, 2.75) is 0 Å². The van der Waals surface area contributed by atoms with Crippen LogP contribution in [0.4, 0.5) is 11.4 Å². The Balaban J connectivity index is 1.98. The lowest BCUT2D eigenvalue weighted by Gasteiger charge is -2.06. The van der Waals surface area contributed by atoms with Gasteiger partial charge in [0.15, 0.2) is 0 Å². The number of nitrogens with zero attached hydrogens (tertiary/aromatic N) is 1. The number of rotatable bonds is 3. The summed E-state index contributed by atoms with van der Waals surface area (Å²) in [6, 6.07) is 9.34. The van der Waals surface area contributed by atoms with Gasteiger partial charge < -0.3 is 9.73 Å². The van der Waals surface area contributed by atoms with Gasteiger partial charge in [0, 0.05) is 23.1 Å². The standard InChI is InChI=1S/C16H8Cl2N2O5/c17-11-3-1-8(6-12(11)18)15(21)19-13-7-9-5-10(20(23)24)2-4-14(9)25-16(13)22/h1-7H,(H,19,21). The number of non-ortho nitro benzene ring substituents is 1.